The maximum absolute atomic E-state index is 11.6. The van der Waals surface area contributed by atoms with Crippen LogP contribution in [0.1, 0.15) is 51.3 Å². The van der Waals surface area contributed by atoms with E-state index in [1.807, 2.05) is 13.8 Å². The molecule has 116 valence electrons. The molecule has 3 N–H and O–H groups in total. The molecule has 0 spiro atoms. The third-order valence-corrected chi connectivity index (χ3v) is 4.08. The molecule has 0 amide bonds. The molecule has 1 aromatic heterocycles. The quantitative estimate of drug-likeness (QED) is 0.773. The number of H-pyrrole nitrogens is 1. The lowest BCUT2D eigenvalue weighted by Crippen LogP contribution is -2.32. The molecule has 1 aromatic rings. The Morgan fingerprint density at radius 1 is 1.48 bits per heavy atom. The van der Waals surface area contributed by atoms with Gasteiger partial charge in [0, 0.05) is 18.5 Å². The van der Waals surface area contributed by atoms with Crippen molar-refractivity contribution in [3.8, 4) is 0 Å². The van der Waals surface area contributed by atoms with E-state index >= 15 is 0 Å². The lowest BCUT2D eigenvalue weighted by atomic mass is 9.79. The topological polar surface area (TPSA) is 95.1 Å². The zero-order chi connectivity index (χ0) is 15.4. The Labute approximate surface area is 124 Å². The van der Waals surface area contributed by atoms with Crippen molar-refractivity contribution in [2.24, 2.45) is 11.8 Å². The minimum absolute atomic E-state index is 0.0971. The van der Waals surface area contributed by atoms with Gasteiger partial charge in [0.1, 0.15) is 11.6 Å². The predicted octanol–water partition coefficient (Wildman–Crippen LogP) is 2.20. The van der Waals surface area contributed by atoms with E-state index in [1.54, 1.807) is 0 Å². The van der Waals surface area contributed by atoms with Gasteiger partial charge < -0.3 is 15.4 Å². The number of aromatic nitrogens is 2. The second kappa shape index (κ2) is 6.74. The number of carboxylic acid groups (broad SMARTS) is 1. The standard InChI is InChI=1S/C15H23N3O3/c1-9(2)14-17-12(7-13(19)18-14)16-8-10-5-3-4-6-11(10)15(20)21/h7,9-11H,3-6,8H2,1-2H3,(H,20,21)(H2,16,17,18,19). The number of hydrogen-bond acceptors (Lipinski definition) is 4. The van der Waals surface area contributed by atoms with Gasteiger partial charge in [-0.1, -0.05) is 26.7 Å². The third kappa shape index (κ3) is 4.06. The SMILES string of the molecule is CC(C)c1nc(NCC2CCCCC2C(=O)O)cc(=O)[nH]1. The number of anilines is 1. The number of carbonyl (C=O) groups is 1. The normalized spacial score (nSPS) is 22.2. The highest BCUT2D eigenvalue weighted by molar-refractivity contribution is 5.70. The summed E-state index contributed by atoms with van der Waals surface area (Å²) in [4.78, 5) is 30.0. The van der Waals surface area contributed by atoms with Crippen LogP contribution in [0, 0.1) is 11.8 Å². The first-order chi connectivity index (χ1) is 9.97. The summed E-state index contributed by atoms with van der Waals surface area (Å²) in [5.74, 6) is 0.391. The molecule has 0 aliphatic heterocycles. The van der Waals surface area contributed by atoms with Gasteiger partial charge in [-0.15, -0.1) is 0 Å². The lowest BCUT2D eigenvalue weighted by molar-refractivity contribution is -0.144. The van der Waals surface area contributed by atoms with E-state index in [9.17, 15) is 14.7 Å². The number of carboxylic acids is 1. The highest BCUT2D eigenvalue weighted by atomic mass is 16.4. The Hall–Kier alpha value is -1.85. The van der Waals surface area contributed by atoms with E-state index in [0.29, 0.717) is 18.2 Å². The number of rotatable bonds is 5. The van der Waals surface area contributed by atoms with Crippen LogP contribution in [0.4, 0.5) is 5.82 Å². The van der Waals surface area contributed by atoms with Gasteiger partial charge in [-0.3, -0.25) is 9.59 Å². The minimum atomic E-state index is -0.719. The smallest absolute Gasteiger partial charge is 0.306 e. The van der Waals surface area contributed by atoms with Crippen molar-refractivity contribution in [1.29, 1.82) is 0 Å². The zero-order valence-electron chi connectivity index (χ0n) is 12.6. The molecule has 0 saturated heterocycles. The molecule has 1 heterocycles. The number of nitrogens with zero attached hydrogens (tertiary/aromatic N) is 1. The van der Waals surface area contributed by atoms with Gasteiger partial charge in [0.2, 0.25) is 0 Å². The van der Waals surface area contributed by atoms with E-state index in [4.69, 9.17) is 0 Å². The molecular formula is C15H23N3O3. The summed E-state index contributed by atoms with van der Waals surface area (Å²) >= 11 is 0. The maximum atomic E-state index is 11.6. The first kappa shape index (κ1) is 15.5. The van der Waals surface area contributed by atoms with Gasteiger partial charge in [-0.05, 0) is 18.8 Å². The van der Waals surface area contributed by atoms with Gasteiger partial charge in [0.05, 0.1) is 5.92 Å². The molecule has 2 atom stereocenters. The van der Waals surface area contributed by atoms with Crippen LogP contribution in [-0.2, 0) is 4.79 Å². The molecule has 1 aliphatic rings. The molecule has 0 aromatic carbocycles. The largest absolute Gasteiger partial charge is 0.481 e. The van der Waals surface area contributed by atoms with Gasteiger partial charge >= 0.3 is 5.97 Å². The Balaban J connectivity index is 2.05. The maximum Gasteiger partial charge on any atom is 0.306 e. The lowest BCUT2D eigenvalue weighted by Gasteiger charge is -2.28. The molecule has 1 aliphatic carbocycles. The second-order valence-electron chi connectivity index (χ2n) is 6.04. The third-order valence-electron chi connectivity index (χ3n) is 4.08. The first-order valence-electron chi connectivity index (χ1n) is 7.55. The van der Waals surface area contributed by atoms with E-state index in [1.165, 1.54) is 6.07 Å². The van der Waals surface area contributed by atoms with Crippen molar-refractivity contribution < 1.29 is 9.90 Å². The van der Waals surface area contributed by atoms with Crippen LogP contribution in [-0.4, -0.2) is 27.6 Å². The number of aliphatic carboxylic acids is 1. The molecule has 1 saturated carbocycles. The summed E-state index contributed by atoms with van der Waals surface area (Å²) in [6, 6.07) is 1.42. The summed E-state index contributed by atoms with van der Waals surface area (Å²) in [5.41, 5.74) is -0.186. The van der Waals surface area contributed by atoms with Crippen molar-refractivity contribution in [2.45, 2.75) is 45.4 Å². The Kier molecular flexibility index (Phi) is 4.98. The molecule has 6 heteroatoms. The average molecular weight is 293 g/mol. The molecular weight excluding hydrogens is 270 g/mol. The second-order valence-corrected chi connectivity index (χ2v) is 6.04. The summed E-state index contributed by atoms with van der Waals surface area (Å²) in [7, 11) is 0. The number of aromatic amines is 1. The van der Waals surface area contributed by atoms with Crippen molar-refractivity contribution >= 4 is 11.8 Å². The van der Waals surface area contributed by atoms with Crippen molar-refractivity contribution in [3.05, 3.63) is 22.2 Å². The van der Waals surface area contributed by atoms with Gasteiger partial charge in [0.25, 0.3) is 5.56 Å². The van der Waals surface area contributed by atoms with Gasteiger partial charge in [-0.25, -0.2) is 4.98 Å². The van der Waals surface area contributed by atoms with E-state index in [2.05, 4.69) is 15.3 Å². The minimum Gasteiger partial charge on any atom is -0.481 e. The molecule has 2 unspecified atom stereocenters. The molecule has 2 rings (SSSR count). The van der Waals surface area contributed by atoms with Crippen LogP contribution in [0.15, 0.2) is 10.9 Å². The van der Waals surface area contributed by atoms with Crippen LogP contribution in [0.5, 0.6) is 0 Å². The fraction of sp³-hybridized carbons (Fsp3) is 0.667. The highest BCUT2D eigenvalue weighted by Gasteiger charge is 2.30. The number of hydrogen-bond donors (Lipinski definition) is 3. The summed E-state index contributed by atoms with van der Waals surface area (Å²) in [6.45, 7) is 4.47. The van der Waals surface area contributed by atoms with Crippen LogP contribution in [0.2, 0.25) is 0 Å². The Bertz CT molecular complexity index is 553. The average Bonchev–Trinajstić information content (AvgIpc) is 2.44. The summed E-state index contributed by atoms with van der Waals surface area (Å²) < 4.78 is 0. The fourth-order valence-electron chi connectivity index (χ4n) is 2.85. The highest BCUT2D eigenvalue weighted by Crippen LogP contribution is 2.30. The summed E-state index contributed by atoms with van der Waals surface area (Å²) in [5, 5.41) is 12.4. The number of nitrogens with one attached hydrogen (secondary N) is 2. The van der Waals surface area contributed by atoms with E-state index in [-0.39, 0.29) is 23.3 Å². The predicted molar refractivity (Wildman–Crippen MR) is 80.5 cm³/mol. The van der Waals surface area contributed by atoms with Crippen LogP contribution in [0.25, 0.3) is 0 Å². The zero-order valence-corrected chi connectivity index (χ0v) is 12.6. The fourth-order valence-corrected chi connectivity index (χ4v) is 2.85. The molecule has 0 bridgehead atoms. The molecule has 1 fully saturated rings. The van der Waals surface area contributed by atoms with Crippen molar-refractivity contribution in [3.63, 3.8) is 0 Å². The van der Waals surface area contributed by atoms with Crippen molar-refractivity contribution in [2.75, 3.05) is 11.9 Å². The molecule has 6 nitrogen and oxygen atoms in total. The van der Waals surface area contributed by atoms with Gasteiger partial charge in [-0.2, -0.15) is 0 Å². The first-order valence-corrected chi connectivity index (χ1v) is 7.55. The van der Waals surface area contributed by atoms with E-state index < -0.39 is 5.97 Å². The van der Waals surface area contributed by atoms with Crippen molar-refractivity contribution in [1.82, 2.24) is 9.97 Å². The van der Waals surface area contributed by atoms with Crippen LogP contribution < -0.4 is 10.9 Å². The molecule has 21 heavy (non-hydrogen) atoms. The molecule has 0 radical (unpaired) electrons. The van der Waals surface area contributed by atoms with Crippen LogP contribution in [0.3, 0.4) is 0 Å². The monoisotopic (exact) mass is 293 g/mol. The van der Waals surface area contributed by atoms with E-state index in [0.717, 1.165) is 25.7 Å². The van der Waals surface area contributed by atoms with Gasteiger partial charge in [0.15, 0.2) is 0 Å². The Morgan fingerprint density at radius 2 is 2.19 bits per heavy atom. The van der Waals surface area contributed by atoms with Crippen LogP contribution >= 0.6 is 0 Å². The Morgan fingerprint density at radius 3 is 2.86 bits per heavy atom. The summed E-state index contributed by atoms with van der Waals surface area (Å²) in [6.07, 6.45) is 3.69.